The van der Waals surface area contributed by atoms with Crippen LogP contribution in [0.4, 0.5) is 0 Å². The fourth-order valence-corrected chi connectivity index (χ4v) is 3.22. The lowest BCUT2D eigenvalue weighted by molar-refractivity contribution is -0.128. The molecule has 0 atom stereocenters. The zero-order chi connectivity index (χ0) is 18.8. The van der Waals surface area contributed by atoms with Crippen LogP contribution in [0.15, 0.2) is 29.3 Å². The summed E-state index contributed by atoms with van der Waals surface area (Å²) in [6.07, 6.45) is 5.37. The average molecular weight is 359 g/mol. The number of nitrogens with one attached hydrogen (secondary N) is 2. The molecule has 144 valence electrons. The van der Waals surface area contributed by atoms with Gasteiger partial charge in [-0.25, -0.2) is 0 Å². The number of amides is 1. The van der Waals surface area contributed by atoms with Crippen LogP contribution in [0.1, 0.15) is 57.1 Å². The molecule has 0 bridgehead atoms. The van der Waals surface area contributed by atoms with Gasteiger partial charge in [-0.1, -0.05) is 51.0 Å². The fraction of sp³-hybridized carbons (Fsp3) is 0.619. The molecule has 1 aliphatic heterocycles. The molecule has 1 aromatic rings. The second kappa shape index (κ2) is 10.8. The van der Waals surface area contributed by atoms with E-state index in [1.165, 1.54) is 24.0 Å². The van der Waals surface area contributed by atoms with Gasteiger partial charge in [-0.15, -0.1) is 0 Å². The maximum atomic E-state index is 11.8. The van der Waals surface area contributed by atoms with Crippen molar-refractivity contribution in [2.45, 2.75) is 59.0 Å². The van der Waals surface area contributed by atoms with E-state index in [2.05, 4.69) is 53.7 Å². The van der Waals surface area contributed by atoms with E-state index in [4.69, 9.17) is 0 Å². The van der Waals surface area contributed by atoms with E-state index >= 15 is 0 Å². The van der Waals surface area contributed by atoms with Crippen molar-refractivity contribution in [1.82, 2.24) is 15.5 Å². The molecule has 0 spiro atoms. The summed E-state index contributed by atoms with van der Waals surface area (Å²) in [5, 5.41) is 6.75. The first-order chi connectivity index (χ1) is 12.6. The summed E-state index contributed by atoms with van der Waals surface area (Å²) in [6, 6.07) is 8.44. The van der Waals surface area contributed by atoms with E-state index in [1.807, 2.05) is 4.90 Å². The van der Waals surface area contributed by atoms with Gasteiger partial charge in [-0.05, 0) is 29.9 Å². The predicted octanol–water partition coefficient (Wildman–Crippen LogP) is 3.30. The zero-order valence-corrected chi connectivity index (χ0v) is 16.6. The monoisotopic (exact) mass is 358 g/mol. The van der Waals surface area contributed by atoms with Crippen molar-refractivity contribution in [3.05, 3.63) is 35.4 Å². The Morgan fingerprint density at radius 1 is 1.23 bits per heavy atom. The Morgan fingerprint density at radius 2 is 2.04 bits per heavy atom. The summed E-state index contributed by atoms with van der Waals surface area (Å²) in [7, 11) is 1.80. The first kappa shape index (κ1) is 20.3. The molecule has 5 heteroatoms. The molecule has 1 heterocycles. The van der Waals surface area contributed by atoms with E-state index in [0.717, 1.165) is 50.9 Å². The third-order valence-corrected chi connectivity index (χ3v) is 4.72. The number of benzene rings is 1. The van der Waals surface area contributed by atoms with Crippen molar-refractivity contribution in [1.29, 1.82) is 0 Å². The van der Waals surface area contributed by atoms with E-state index in [-0.39, 0.29) is 5.91 Å². The van der Waals surface area contributed by atoms with E-state index in [0.29, 0.717) is 6.42 Å². The van der Waals surface area contributed by atoms with Crippen LogP contribution in [0, 0.1) is 5.92 Å². The SMILES string of the molecule is CN=C(NCCCCC(C)C)NCc1cccc(CN2CCCC2=O)c1. The summed E-state index contributed by atoms with van der Waals surface area (Å²) < 4.78 is 0. The number of carbonyl (C=O) groups is 1. The number of hydrogen-bond donors (Lipinski definition) is 2. The van der Waals surface area contributed by atoms with Crippen molar-refractivity contribution in [2.75, 3.05) is 20.1 Å². The number of likely N-dealkylation sites (tertiary alicyclic amines) is 1. The Morgan fingerprint density at radius 3 is 2.73 bits per heavy atom. The molecule has 2 rings (SSSR count). The lowest BCUT2D eigenvalue weighted by atomic mass is 10.1. The Balaban J connectivity index is 1.75. The Labute approximate surface area is 158 Å². The third-order valence-electron chi connectivity index (χ3n) is 4.72. The number of carbonyl (C=O) groups excluding carboxylic acids is 1. The quantitative estimate of drug-likeness (QED) is 0.404. The second-order valence-electron chi connectivity index (χ2n) is 7.48. The van der Waals surface area contributed by atoms with Crippen LogP contribution in [0.25, 0.3) is 0 Å². The Bertz CT molecular complexity index is 597. The molecular weight excluding hydrogens is 324 g/mol. The highest BCUT2D eigenvalue weighted by Gasteiger charge is 2.19. The minimum Gasteiger partial charge on any atom is -0.356 e. The topological polar surface area (TPSA) is 56.7 Å². The summed E-state index contributed by atoms with van der Waals surface area (Å²) in [4.78, 5) is 18.0. The molecule has 0 unspecified atom stereocenters. The van der Waals surface area contributed by atoms with Gasteiger partial charge in [-0.2, -0.15) is 0 Å². The van der Waals surface area contributed by atoms with Crippen LogP contribution >= 0.6 is 0 Å². The molecule has 1 aliphatic rings. The predicted molar refractivity (Wildman–Crippen MR) is 108 cm³/mol. The molecule has 0 aliphatic carbocycles. The van der Waals surface area contributed by atoms with Gasteiger partial charge in [-0.3, -0.25) is 9.79 Å². The van der Waals surface area contributed by atoms with Gasteiger partial charge < -0.3 is 15.5 Å². The molecule has 1 saturated heterocycles. The molecular formula is C21H34N4O. The molecule has 1 amide bonds. The summed E-state index contributed by atoms with van der Waals surface area (Å²) >= 11 is 0. The summed E-state index contributed by atoms with van der Waals surface area (Å²) in [6.45, 7) is 7.81. The standard InChI is InChI=1S/C21H34N4O/c1-17(2)8-4-5-12-23-21(22-3)24-15-18-9-6-10-19(14-18)16-25-13-7-11-20(25)26/h6,9-10,14,17H,4-5,7-8,11-13,15-16H2,1-3H3,(H2,22,23,24). The Hall–Kier alpha value is -2.04. The van der Waals surface area contributed by atoms with Crippen molar-refractivity contribution in [3.8, 4) is 0 Å². The number of nitrogens with zero attached hydrogens (tertiary/aromatic N) is 2. The molecule has 1 fully saturated rings. The van der Waals surface area contributed by atoms with Crippen LogP contribution in [-0.2, 0) is 17.9 Å². The second-order valence-corrected chi connectivity index (χ2v) is 7.48. The fourth-order valence-electron chi connectivity index (χ4n) is 3.22. The van der Waals surface area contributed by atoms with Gasteiger partial charge in [0.15, 0.2) is 5.96 Å². The highest BCUT2D eigenvalue weighted by molar-refractivity contribution is 5.79. The van der Waals surface area contributed by atoms with E-state index in [9.17, 15) is 4.79 Å². The largest absolute Gasteiger partial charge is 0.356 e. The molecule has 26 heavy (non-hydrogen) atoms. The molecule has 0 radical (unpaired) electrons. The van der Waals surface area contributed by atoms with Crippen LogP contribution in [0.5, 0.6) is 0 Å². The Kier molecular flexibility index (Phi) is 8.45. The van der Waals surface area contributed by atoms with Crippen molar-refractivity contribution < 1.29 is 4.79 Å². The van der Waals surface area contributed by atoms with E-state index < -0.39 is 0 Å². The maximum Gasteiger partial charge on any atom is 0.222 e. The minimum absolute atomic E-state index is 0.274. The van der Waals surface area contributed by atoms with Gasteiger partial charge >= 0.3 is 0 Å². The van der Waals surface area contributed by atoms with Crippen LogP contribution < -0.4 is 10.6 Å². The van der Waals surface area contributed by atoms with Gasteiger partial charge in [0.25, 0.3) is 0 Å². The van der Waals surface area contributed by atoms with Gasteiger partial charge in [0, 0.05) is 39.6 Å². The number of rotatable bonds is 9. The number of unbranched alkanes of at least 4 members (excludes halogenated alkanes) is 1. The van der Waals surface area contributed by atoms with Gasteiger partial charge in [0.2, 0.25) is 5.91 Å². The maximum absolute atomic E-state index is 11.8. The summed E-state index contributed by atoms with van der Waals surface area (Å²) in [5.41, 5.74) is 2.40. The average Bonchev–Trinajstić information content (AvgIpc) is 3.02. The van der Waals surface area contributed by atoms with Crippen molar-refractivity contribution >= 4 is 11.9 Å². The zero-order valence-electron chi connectivity index (χ0n) is 16.6. The highest BCUT2D eigenvalue weighted by Crippen LogP contribution is 2.15. The van der Waals surface area contributed by atoms with Gasteiger partial charge in [0.05, 0.1) is 0 Å². The molecule has 0 aromatic heterocycles. The molecule has 2 N–H and O–H groups in total. The van der Waals surface area contributed by atoms with Crippen LogP contribution in [0.2, 0.25) is 0 Å². The number of guanidine groups is 1. The minimum atomic E-state index is 0.274. The van der Waals surface area contributed by atoms with E-state index in [1.54, 1.807) is 7.05 Å². The van der Waals surface area contributed by atoms with Crippen LogP contribution in [-0.4, -0.2) is 36.9 Å². The van der Waals surface area contributed by atoms with Gasteiger partial charge in [0.1, 0.15) is 0 Å². The smallest absolute Gasteiger partial charge is 0.222 e. The number of hydrogen-bond acceptors (Lipinski definition) is 2. The van der Waals surface area contributed by atoms with Crippen molar-refractivity contribution in [3.63, 3.8) is 0 Å². The molecule has 0 saturated carbocycles. The highest BCUT2D eigenvalue weighted by atomic mass is 16.2. The van der Waals surface area contributed by atoms with Crippen LogP contribution in [0.3, 0.4) is 0 Å². The number of aliphatic imine (C=N–C) groups is 1. The lowest BCUT2D eigenvalue weighted by Crippen LogP contribution is -2.37. The first-order valence-electron chi connectivity index (χ1n) is 9.88. The molecule has 5 nitrogen and oxygen atoms in total. The lowest BCUT2D eigenvalue weighted by Gasteiger charge is -2.16. The third kappa shape index (κ3) is 7.06. The normalized spacial score (nSPS) is 15.0. The summed E-state index contributed by atoms with van der Waals surface area (Å²) in [5.74, 6) is 1.89. The first-order valence-corrected chi connectivity index (χ1v) is 9.88. The molecule has 1 aromatic carbocycles. The van der Waals surface area contributed by atoms with Crippen molar-refractivity contribution in [2.24, 2.45) is 10.9 Å².